The summed E-state index contributed by atoms with van der Waals surface area (Å²) in [6.07, 6.45) is 18.0. The van der Waals surface area contributed by atoms with Crippen molar-refractivity contribution in [3.05, 3.63) is 23.3 Å². The number of ether oxygens (including phenoxy) is 1. The number of ketones is 1. The number of hydrogen-bond acceptors (Lipinski definition) is 4. The van der Waals surface area contributed by atoms with E-state index < -0.39 is 9.04 Å². The molecule has 0 radical (unpaired) electrons. The Kier molecular flexibility index (Phi) is 9.26. The molecule has 5 heteroatoms. The summed E-state index contributed by atoms with van der Waals surface area (Å²) in [5.74, 6) is 2.05. The van der Waals surface area contributed by atoms with E-state index in [1.54, 1.807) is 0 Å². The van der Waals surface area contributed by atoms with Gasteiger partial charge in [0.05, 0.1) is 18.1 Å². The summed E-state index contributed by atoms with van der Waals surface area (Å²) in [5.41, 5.74) is 2.29. The van der Waals surface area contributed by atoms with Crippen LogP contribution < -0.4 is 0 Å². The number of allylic oxidation sites excluding steroid dienone is 3. The van der Waals surface area contributed by atoms with Crippen LogP contribution in [0.5, 0.6) is 0 Å². The molecule has 0 amide bonds. The van der Waals surface area contributed by atoms with Gasteiger partial charge >= 0.3 is 5.97 Å². The van der Waals surface area contributed by atoms with Crippen molar-refractivity contribution in [1.82, 2.24) is 0 Å². The van der Waals surface area contributed by atoms with Gasteiger partial charge in [-0.1, -0.05) is 57.8 Å². The normalized spacial score (nSPS) is 31.3. The SMILES string of the molecule is CCOC(=O)C1CCC(=C2CC3C(C=CC(O[SiH](C)C)(C4CCCCC4)C(C)(C)C)CCC3C2=O)CC1. The first-order valence-electron chi connectivity index (χ1n) is 15.4. The Bertz CT molecular complexity index is 881. The molecule has 4 nitrogen and oxygen atoms in total. The van der Waals surface area contributed by atoms with E-state index in [1.807, 2.05) is 6.92 Å². The Balaban J connectivity index is 1.52. The molecule has 4 aliphatic rings. The van der Waals surface area contributed by atoms with Gasteiger partial charge in [0.25, 0.3) is 0 Å². The number of carbonyl (C=O) groups excluding carboxylic acids is 2. The van der Waals surface area contributed by atoms with Crippen LogP contribution in [0.3, 0.4) is 0 Å². The first-order valence-corrected chi connectivity index (χ1v) is 18.1. The van der Waals surface area contributed by atoms with E-state index in [0.717, 1.165) is 50.5 Å². The Labute approximate surface area is 227 Å². The molecule has 0 bridgehead atoms. The van der Waals surface area contributed by atoms with E-state index in [9.17, 15) is 9.59 Å². The zero-order valence-electron chi connectivity index (χ0n) is 24.4. The summed E-state index contributed by atoms with van der Waals surface area (Å²) in [6, 6.07) is 0. The molecule has 4 aliphatic carbocycles. The maximum atomic E-state index is 13.5. The third-order valence-corrected chi connectivity index (χ3v) is 10.9. The van der Waals surface area contributed by atoms with Crippen LogP contribution in [0.25, 0.3) is 0 Å². The van der Waals surface area contributed by atoms with E-state index in [1.165, 1.54) is 37.7 Å². The van der Waals surface area contributed by atoms with Crippen LogP contribution >= 0.6 is 0 Å². The molecule has 4 atom stereocenters. The number of hydrogen-bond donors (Lipinski definition) is 0. The van der Waals surface area contributed by atoms with Gasteiger partial charge in [0.2, 0.25) is 0 Å². The van der Waals surface area contributed by atoms with E-state index in [2.05, 4.69) is 46.0 Å². The van der Waals surface area contributed by atoms with Crippen LogP contribution in [-0.4, -0.2) is 33.0 Å². The van der Waals surface area contributed by atoms with E-state index in [0.29, 0.717) is 30.1 Å². The molecule has 0 N–H and O–H groups in total. The molecule has 0 spiro atoms. The summed E-state index contributed by atoms with van der Waals surface area (Å²) in [7, 11) is -1.26. The zero-order chi connectivity index (χ0) is 26.8. The molecule has 0 saturated heterocycles. The number of fused-ring (bicyclic) bond motifs is 1. The summed E-state index contributed by atoms with van der Waals surface area (Å²) in [5, 5.41) is 0. The highest BCUT2D eigenvalue weighted by Crippen LogP contribution is 2.52. The molecule has 4 saturated carbocycles. The van der Waals surface area contributed by atoms with Gasteiger partial charge in [0, 0.05) is 5.92 Å². The summed E-state index contributed by atoms with van der Waals surface area (Å²) in [4.78, 5) is 25.7. The Morgan fingerprint density at radius 2 is 1.68 bits per heavy atom. The minimum Gasteiger partial charge on any atom is -0.466 e. The van der Waals surface area contributed by atoms with Crippen LogP contribution in [0.4, 0.5) is 0 Å². The van der Waals surface area contributed by atoms with Gasteiger partial charge in [-0.15, -0.1) is 0 Å². The molecular weight excluding hydrogens is 476 g/mol. The number of Topliss-reactive ketones (excluding diaryl/α,β-unsaturated/α-hetero) is 1. The highest BCUT2D eigenvalue weighted by atomic mass is 28.3. The zero-order valence-corrected chi connectivity index (χ0v) is 25.6. The minimum absolute atomic E-state index is 0.00537. The van der Waals surface area contributed by atoms with Crippen LogP contribution in [0, 0.1) is 35.0 Å². The highest BCUT2D eigenvalue weighted by molar-refractivity contribution is 6.48. The molecule has 4 fully saturated rings. The van der Waals surface area contributed by atoms with Crippen molar-refractivity contribution in [2.24, 2.45) is 35.0 Å². The number of rotatable bonds is 7. The average Bonchev–Trinajstić information content (AvgIpc) is 3.41. The minimum atomic E-state index is -1.26. The predicted molar refractivity (Wildman–Crippen MR) is 153 cm³/mol. The lowest BCUT2D eigenvalue weighted by atomic mass is 9.64. The molecule has 4 unspecified atom stereocenters. The van der Waals surface area contributed by atoms with Gasteiger partial charge in [0.1, 0.15) is 0 Å². The van der Waals surface area contributed by atoms with Crippen molar-refractivity contribution in [2.75, 3.05) is 6.61 Å². The molecule has 0 heterocycles. The third kappa shape index (κ3) is 6.03. The maximum absolute atomic E-state index is 13.5. The Morgan fingerprint density at radius 3 is 2.27 bits per heavy atom. The average molecular weight is 529 g/mol. The summed E-state index contributed by atoms with van der Waals surface area (Å²) >= 11 is 0. The molecule has 4 rings (SSSR count). The van der Waals surface area contributed by atoms with Gasteiger partial charge in [-0.3, -0.25) is 9.59 Å². The smallest absolute Gasteiger partial charge is 0.308 e. The van der Waals surface area contributed by atoms with Crippen molar-refractivity contribution in [3.8, 4) is 0 Å². The summed E-state index contributed by atoms with van der Waals surface area (Å²) in [6.45, 7) is 14.0. The van der Waals surface area contributed by atoms with E-state index >= 15 is 0 Å². The molecule has 0 aliphatic heterocycles. The quantitative estimate of drug-likeness (QED) is 0.148. The van der Waals surface area contributed by atoms with Crippen molar-refractivity contribution in [1.29, 1.82) is 0 Å². The lowest BCUT2D eigenvalue weighted by molar-refractivity contribution is -0.148. The predicted octanol–water partition coefficient (Wildman–Crippen LogP) is 7.57. The van der Waals surface area contributed by atoms with Crippen LogP contribution in [-0.2, 0) is 18.8 Å². The second-order valence-corrected chi connectivity index (χ2v) is 15.9. The monoisotopic (exact) mass is 528 g/mol. The van der Waals surface area contributed by atoms with Crippen molar-refractivity contribution >= 4 is 20.8 Å². The van der Waals surface area contributed by atoms with Gasteiger partial charge in [-0.25, -0.2) is 0 Å². The van der Waals surface area contributed by atoms with E-state index in [-0.39, 0.29) is 28.8 Å². The first-order chi connectivity index (χ1) is 17.6. The maximum Gasteiger partial charge on any atom is 0.308 e. The van der Waals surface area contributed by atoms with Crippen LogP contribution in [0.1, 0.15) is 105 Å². The second kappa shape index (κ2) is 11.9. The molecule has 0 aromatic heterocycles. The van der Waals surface area contributed by atoms with Crippen LogP contribution in [0.15, 0.2) is 23.3 Å². The fraction of sp³-hybridized carbons (Fsp3) is 0.812. The fourth-order valence-electron chi connectivity index (χ4n) is 8.10. The number of carbonyl (C=O) groups is 2. The second-order valence-electron chi connectivity index (χ2n) is 13.6. The lowest BCUT2D eigenvalue weighted by Crippen LogP contribution is -2.52. The largest absolute Gasteiger partial charge is 0.466 e. The number of esters is 1. The summed E-state index contributed by atoms with van der Waals surface area (Å²) < 4.78 is 12.3. The molecule has 37 heavy (non-hydrogen) atoms. The Morgan fingerprint density at radius 1 is 1.00 bits per heavy atom. The van der Waals surface area contributed by atoms with Gasteiger partial charge < -0.3 is 9.16 Å². The van der Waals surface area contributed by atoms with E-state index in [4.69, 9.17) is 9.16 Å². The Hall–Kier alpha value is -1.20. The van der Waals surface area contributed by atoms with Crippen molar-refractivity contribution < 1.29 is 18.8 Å². The molecule has 0 aromatic rings. The van der Waals surface area contributed by atoms with Crippen LogP contribution in [0.2, 0.25) is 13.1 Å². The standard InChI is InChI=1S/C32H52O4Si/c1-7-35-30(34)24-15-13-22(14-16-24)28-21-27-23(17-18-26(27)29(28)33)19-20-32(31(2,3)4,36-37(5)6)25-11-9-8-10-12-25/h19-20,23-27,37H,7-18,21H2,1-6H3. The lowest BCUT2D eigenvalue weighted by Gasteiger charge is -2.51. The topological polar surface area (TPSA) is 52.6 Å². The van der Waals surface area contributed by atoms with Crippen molar-refractivity contribution in [2.45, 2.75) is 123 Å². The highest BCUT2D eigenvalue weighted by Gasteiger charge is 2.50. The van der Waals surface area contributed by atoms with Gasteiger partial charge in [-0.2, -0.15) is 0 Å². The molecule has 208 valence electrons. The molecule has 0 aromatic carbocycles. The van der Waals surface area contributed by atoms with Crippen molar-refractivity contribution in [3.63, 3.8) is 0 Å². The molecular formula is C32H52O4Si. The van der Waals surface area contributed by atoms with Gasteiger partial charge in [0.15, 0.2) is 14.8 Å². The fourth-order valence-corrected chi connectivity index (χ4v) is 9.50. The first kappa shape index (κ1) is 28.8. The van der Waals surface area contributed by atoms with Gasteiger partial charge in [-0.05, 0) is 107 Å². The third-order valence-electron chi connectivity index (χ3n) is 9.99.